The number of nitrogens with zero attached hydrogens (tertiary/aromatic N) is 1. The SMILES string of the molecule is CSc1cc(C(=O)CN2C(=O)NC3(CCc4ccccc4C3)C2=O)ccc1NC(C)=O. The van der Waals surface area contributed by atoms with Gasteiger partial charge in [0.1, 0.15) is 5.54 Å². The van der Waals surface area contributed by atoms with Crippen LogP contribution in [0.4, 0.5) is 10.5 Å². The number of fused-ring (bicyclic) bond motifs is 1. The highest BCUT2D eigenvalue weighted by atomic mass is 32.2. The Bertz CT molecular complexity index is 1100. The molecule has 2 N–H and O–H groups in total. The van der Waals surface area contributed by atoms with Crippen LogP contribution in [0.3, 0.4) is 0 Å². The van der Waals surface area contributed by atoms with Crippen molar-refractivity contribution in [2.24, 2.45) is 0 Å². The van der Waals surface area contributed by atoms with Crippen molar-refractivity contribution in [3.05, 3.63) is 59.2 Å². The number of Topliss-reactive ketones (excluding diaryl/α,β-unsaturated/α-hetero) is 1. The number of carbonyl (C=O) groups is 4. The summed E-state index contributed by atoms with van der Waals surface area (Å²) in [6.45, 7) is 1.10. The molecular weight excluding hydrogens is 414 g/mol. The number of amides is 4. The molecule has 4 rings (SSSR count). The lowest BCUT2D eigenvalue weighted by atomic mass is 9.78. The number of aryl methyl sites for hydroxylation is 1. The Labute approximate surface area is 184 Å². The summed E-state index contributed by atoms with van der Waals surface area (Å²) in [7, 11) is 0. The maximum atomic E-state index is 13.2. The Morgan fingerprint density at radius 2 is 1.90 bits per heavy atom. The molecule has 2 aromatic carbocycles. The summed E-state index contributed by atoms with van der Waals surface area (Å²) >= 11 is 1.40. The van der Waals surface area contributed by atoms with Gasteiger partial charge in [0.05, 0.1) is 12.2 Å². The van der Waals surface area contributed by atoms with Gasteiger partial charge in [-0.05, 0) is 48.4 Å². The Morgan fingerprint density at radius 3 is 2.61 bits per heavy atom. The van der Waals surface area contributed by atoms with Gasteiger partial charge in [-0.25, -0.2) is 4.79 Å². The number of benzene rings is 2. The van der Waals surface area contributed by atoms with E-state index in [1.807, 2.05) is 30.5 Å². The van der Waals surface area contributed by atoms with Gasteiger partial charge < -0.3 is 10.6 Å². The average molecular weight is 438 g/mol. The van der Waals surface area contributed by atoms with Gasteiger partial charge in [-0.1, -0.05) is 24.3 Å². The molecule has 0 saturated carbocycles. The lowest BCUT2D eigenvalue weighted by molar-refractivity contribution is -0.131. The third-order valence-electron chi connectivity index (χ3n) is 5.81. The third kappa shape index (κ3) is 3.95. The van der Waals surface area contributed by atoms with Crippen molar-refractivity contribution >= 4 is 41.1 Å². The van der Waals surface area contributed by atoms with E-state index in [2.05, 4.69) is 10.6 Å². The molecule has 1 heterocycles. The number of carbonyl (C=O) groups excluding carboxylic acids is 4. The first-order valence-electron chi connectivity index (χ1n) is 10.0. The molecule has 2 aromatic rings. The van der Waals surface area contributed by atoms with Crippen molar-refractivity contribution in [2.45, 2.75) is 36.6 Å². The topological polar surface area (TPSA) is 95.6 Å². The van der Waals surface area contributed by atoms with Crippen LogP contribution in [0.2, 0.25) is 0 Å². The third-order valence-corrected chi connectivity index (χ3v) is 6.59. The van der Waals surface area contributed by atoms with Crippen LogP contribution >= 0.6 is 11.8 Å². The predicted molar refractivity (Wildman–Crippen MR) is 118 cm³/mol. The molecule has 0 bridgehead atoms. The first kappa shape index (κ1) is 21.1. The van der Waals surface area contributed by atoms with Crippen LogP contribution in [0.25, 0.3) is 0 Å². The van der Waals surface area contributed by atoms with E-state index in [4.69, 9.17) is 0 Å². The molecule has 0 aromatic heterocycles. The largest absolute Gasteiger partial charge is 0.325 e. The van der Waals surface area contributed by atoms with Crippen molar-refractivity contribution in [1.82, 2.24) is 10.2 Å². The summed E-state index contributed by atoms with van der Waals surface area (Å²) < 4.78 is 0. The van der Waals surface area contributed by atoms with Gasteiger partial charge in [0.15, 0.2) is 5.78 Å². The molecule has 8 heteroatoms. The second kappa shape index (κ2) is 8.19. The van der Waals surface area contributed by atoms with Gasteiger partial charge in [-0.15, -0.1) is 11.8 Å². The number of ketones is 1. The number of hydrogen-bond acceptors (Lipinski definition) is 5. The van der Waals surface area contributed by atoms with Crippen molar-refractivity contribution in [3.8, 4) is 0 Å². The summed E-state index contributed by atoms with van der Waals surface area (Å²) in [5.41, 5.74) is 2.26. The van der Waals surface area contributed by atoms with Crippen molar-refractivity contribution in [2.75, 3.05) is 18.1 Å². The molecule has 2 aliphatic rings. The van der Waals surface area contributed by atoms with Gasteiger partial charge in [0.2, 0.25) is 5.91 Å². The van der Waals surface area contributed by atoms with Crippen molar-refractivity contribution in [1.29, 1.82) is 0 Å². The lowest BCUT2D eigenvalue weighted by Gasteiger charge is -2.32. The zero-order valence-corrected chi connectivity index (χ0v) is 18.2. The van der Waals surface area contributed by atoms with Crippen LogP contribution in [-0.2, 0) is 22.4 Å². The molecule has 7 nitrogen and oxygen atoms in total. The normalized spacial score (nSPS) is 19.9. The van der Waals surface area contributed by atoms with E-state index in [9.17, 15) is 19.2 Å². The molecule has 1 atom stereocenters. The Hall–Kier alpha value is -3.13. The van der Waals surface area contributed by atoms with Gasteiger partial charge in [-0.3, -0.25) is 19.3 Å². The summed E-state index contributed by atoms with van der Waals surface area (Å²) in [6.07, 6.45) is 3.49. The standard InChI is InChI=1S/C23H23N3O4S/c1-14(27)24-18-8-7-16(11-20(18)31-2)19(28)13-26-21(29)23(25-22(26)30)10-9-15-5-3-4-6-17(15)12-23/h3-8,11H,9-10,12-13H2,1-2H3,(H,24,27)(H,25,30). The number of thioether (sulfide) groups is 1. The van der Waals surface area contributed by atoms with E-state index < -0.39 is 11.6 Å². The smallest absolute Gasteiger partial charge is 0.325 e. The number of hydrogen-bond donors (Lipinski definition) is 2. The highest BCUT2D eigenvalue weighted by Gasteiger charge is 2.52. The predicted octanol–water partition coefficient (Wildman–Crippen LogP) is 3.03. The maximum absolute atomic E-state index is 13.2. The number of rotatable bonds is 5. The van der Waals surface area contributed by atoms with E-state index in [-0.39, 0.29) is 24.1 Å². The van der Waals surface area contributed by atoms with Crippen LogP contribution in [0.5, 0.6) is 0 Å². The molecule has 160 valence electrons. The fraction of sp³-hybridized carbons (Fsp3) is 0.304. The number of nitrogens with one attached hydrogen (secondary N) is 2. The Balaban J connectivity index is 1.52. The van der Waals surface area contributed by atoms with Crippen LogP contribution in [0.1, 0.15) is 34.8 Å². The van der Waals surface area contributed by atoms with Gasteiger partial charge >= 0.3 is 6.03 Å². The monoisotopic (exact) mass is 437 g/mol. The lowest BCUT2D eigenvalue weighted by Crippen LogP contribution is -2.51. The van der Waals surface area contributed by atoms with E-state index in [0.717, 1.165) is 15.4 Å². The van der Waals surface area contributed by atoms with Crippen LogP contribution in [0, 0.1) is 0 Å². The van der Waals surface area contributed by atoms with Crippen LogP contribution < -0.4 is 10.6 Å². The van der Waals surface area contributed by atoms with E-state index in [1.54, 1.807) is 18.2 Å². The fourth-order valence-electron chi connectivity index (χ4n) is 4.24. The molecular formula is C23H23N3O4S. The minimum absolute atomic E-state index is 0.201. The number of imide groups is 1. The van der Waals surface area contributed by atoms with E-state index in [1.165, 1.54) is 24.2 Å². The molecule has 1 spiro atoms. The number of anilines is 1. The zero-order chi connectivity index (χ0) is 22.2. The van der Waals surface area contributed by atoms with Crippen molar-refractivity contribution < 1.29 is 19.2 Å². The first-order valence-corrected chi connectivity index (χ1v) is 11.3. The molecule has 1 fully saturated rings. The quantitative estimate of drug-likeness (QED) is 0.426. The highest BCUT2D eigenvalue weighted by Crippen LogP contribution is 2.34. The van der Waals surface area contributed by atoms with Gasteiger partial charge in [0, 0.05) is 23.8 Å². The minimum atomic E-state index is -0.981. The minimum Gasteiger partial charge on any atom is -0.325 e. The number of urea groups is 1. The summed E-state index contributed by atoms with van der Waals surface area (Å²) in [6, 6.07) is 12.3. The molecule has 0 radical (unpaired) electrons. The summed E-state index contributed by atoms with van der Waals surface area (Å²) in [4.78, 5) is 51.8. The Kier molecular flexibility index (Phi) is 5.58. The summed E-state index contributed by atoms with van der Waals surface area (Å²) in [5.74, 6) is -0.880. The van der Waals surface area contributed by atoms with E-state index in [0.29, 0.717) is 30.5 Å². The Morgan fingerprint density at radius 1 is 1.16 bits per heavy atom. The van der Waals surface area contributed by atoms with Gasteiger partial charge in [0.25, 0.3) is 5.91 Å². The second-order valence-corrected chi connectivity index (χ2v) is 8.72. The van der Waals surface area contributed by atoms with Crippen LogP contribution in [-0.4, -0.2) is 46.9 Å². The highest BCUT2D eigenvalue weighted by molar-refractivity contribution is 7.98. The zero-order valence-electron chi connectivity index (χ0n) is 17.4. The molecule has 31 heavy (non-hydrogen) atoms. The summed E-state index contributed by atoms with van der Waals surface area (Å²) in [5, 5.41) is 5.58. The van der Waals surface area contributed by atoms with Crippen LogP contribution in [0.15, 0.2) is 47.4 Å². The first-order chi connectivity index (χ1) is 14.8. The van der Waals surface area contributed by atoms with Crippen molar-refractivity contribution in [3.63, 3.8) is 0 Å². The molecule has 1 aliphatic heterocycles. The average Bonchev–Trinajstić information content (AvgIpc) is 2.97. The fourth-order valence-corrected chi connectivity index (χ4v) is 4.82. The molecule has 1 unspecified atom stereocenters. The molecule has 1 saturated heterocycles. The van der Waals surface area contributed by atoms with Gasteiger partial charge in [-0.2, -0.15) is 0 Å². The van der Waals surface area contributed by atoms with E-state index >= 15 is 0 Å². The maximum Gasteiger partial charge on any atom is 0.325 e. The molecule has 1 aliphatic carbocycles. The second-order valence-electron chi connectivity index (χ2n) is 7.87. The molecule has 4 amide bonds.